The Morgan fingerprint density at radius 3 is 2.77 bits per heavy atom. The maximum atomic E-state index is 12.8. The molecule has 0 radical (unpaired) electrons. The number of urea groups is 1. The molecule has 26 heavy (non-hydrogen) atoms. The molecule has 1 aromatic carbocycles. The van der Waals surface area contributed by atoms with Gasteiger partial charge < -0.3 is 15.0 Å². The predicted molar refractivity (Wildman–Crippen MR) is 104 cm³/mol. The first-order valence-electron chi connectivity index (χ1n) is 9.24. The third-order valence-corrected chi connectivity index (χ3v) is 4.83. The number of piperidine rings is 1. The van der Waals surface area contributed by atoms with Crippen molar-refractivity contribution in [2.75, 3.05) is 19.7 Å². The van der Waals surface area contributed by atoms with Crippen molar-refractivity contribution < 1.29 is 14.3 Å². The molecule has 2 amide bonds. The molecule has 0 unspecified atom stereocenters. The minimum Gasteiger partial charge on any atom is -0.466 e. The van der Waals surface area contributed by atoms with Crippen LogP contribution in [0.4, 0.5) is 4.79 Å². The van der Waals surface area contributed by atoms with Gasteiger partial charge in [0.1, 0.15) is 0 Å². The number of hydrogen-bond acceptors (Lipinski definition) is 3. The summed E-state index contributed by atoms with van der Waals surface area (Å²) in [5, 5.41) is 3.11. The summed E-state index contributed by atoms with van der Waals surface area (Å²) in [7, 11) is 0. The second-order valence-electron chi connectivity index (χ2n) is 7.45. The van der Waals surface area contributed by atoms with E-state index in [1.807, 2.05) is 39.0 Å². The zero-order chi connectivity index (χ0) is 19.3. The Balaban J connectivity index is 2.06. The minimum absolute atomic E-state index is 0.148. The van der Waals surface area contributed by atoms with Gasteiger partial charge >= 0.3 is 12.0 Å². The van der Waals surface area contributed by atoms with Crippen molar-refractivity contribution in [3.05, 3.63) is 42.0 Å². The van der Waals surface area contributed by atoms with Gasteiger partial charge in [-0.3, -0.25) is 4.79 Å². The maximum absolute atomic E-state index is 12.8. The molecule has 1 aliphatic heterocycles. The average molecular weight is 358 g/mol. The molecule has 5 nitrogen and oxygen atoms in total. The van der Waals surface area contributed by atoms with Crippen LogP contribution in [0, 0.1) is 5.92 Å². The summed E-state index contributed by atoms with van der Waals surface area (Å²) in [4.78, 5) is 26.5. The van der Waals surface area contributed by atoms with Crippen LogP contribution in [0.1, 0.15) is 51.7 Å². The topological polar surface area (TPSA) is 58.6 Å². The van der Waals surface area contributed by atoms with E-state index in [9.17, 15) is 9.59 Å². The summed E-state index contributed by atoms with van der Waals surface area (Å²) in [6.07, 6.45) is 1.58. The quantitative estimate of drug-likeness (QED) is 0.811. The molecule has 0 bridgehead atoms. The average Bonchev–Trinajstić information content (AvgIpc) is 2.61. The molecule has 1 aliphatic rings. The number of carbonyl (C=O) groups is 2. The lowest BCUT2D eigenvalue weighted by molar-refractivity contribution is -0.149. The van der Waals surface area contributed by atoms with E-state index in [4.69, 9.17) is 4.74 Å². The van der Waals surface area contributed by atoms with Crippen LogP contribution < -0.4 is 5.32 Å². The molecule has 142 valence electrons. The standard InChI is InChI=1S/C21H30N2O3/c1-6-26-19(24)17-10-8-12-23(14-17)20(25)22-21(4,5)18-11-7-9-16(13-18)15(2)3/h7,9,11,13,17H,2,6,8,10,12,14H2,1,3-5H3,(H,22,25)/t17-/m0/s1. The highest BCUT2D eigenvalue weighted by molar-refractivity contribution is 5.78. The van der Waals surface area contributed by atoms with E-state index in [1.54, 1.807) is 11.8 Å². The van der Waals surface area contributed by atoms with Gasteiger partial charge in [0.2, 0.25) is 0 Å². The minimum atomic E-state index is -0.528. The molecule has 1 N–H and O–H groups in total. The van der Waals surface area contributed by atoms with Crippen molar-refractivity contribution >= 4 is 17.6 Å². The van der Waals surface area contributed by atoms with E-state index >= 15 is 0 Å². The van der Waals surface area contributed by atoms with Crippen LogP contribution >= 0.6 is 0 Å². The molecule has 1 atom stereocenters. The first-order valence-corrected chi connectivity index (χ1v) is 9.24. The summed E-state index contributed by atoms with van der Waals surface area (Å²) < 4.78 is 5.11. The van der Waals surface area contributed by atoms with Crippen LogP contribution in [0.2, 0.25) is 0 Å². The van der Waals surface area contributed by atoms with Gasteiger partial charge in [0, 0.05) is 13.1 Å². The zero-order valence-electron chi connectivity index (χ0n) is 16.3. The number of hydrogen-bond donors (Lipinski definition) is 1. The molecular formula is C21H30N2O3. The van der Waals surface area contributed by atoms with Crippen molar-refractivity contribution in [1.82, 2.24) is 10.2 Å². The van der Waals surface area contributed by atoms with Gasteiger partial charge in [-0.2, -0.15) is 0 Å². The monoisotopic (exact) mass is 358 g/mol. The Kier molecular flexibility index (Phi) is 6.46. The fraction of sp³-hybridized carbons (Fsp3) is 0.524. The van der Waals surface area contributed by atoms with Crippen LogP contribution in [0.25, 0.3) is 5.57 Å². The van der Waals surface area contributed by atoms with Crippen molar-refractivity contribution in [2.45, 2.75) is 46.1 Å². The van der Waals surface area contributed by atoms with Crippen LogP contribution in [-0.4, -0.2) is 36.6 Å². The van der Waals surface area contributed by atoms with Crippen molar-refractivity contribution in [2.24, 2.45) is 5.92 Å². The van der Waals surface area contributed by atoms with Gasteiger partial charge in [-0.25, -0.2) is 4.79 Å². The lowest BCUT2D eigenvalue weighted by atomic mass is 9.91. The Morgan fingerprint density at radius 2 is 2.12 bits per heavy atom. The van der Waals surface area contributed by atoms with Crippen molar-refractivity contribution in [1.29, 1.82) is 0 Å². The molecule has 1 saturated heterocycles. The number of benzene rings is 1. The Labute approximate surface area is 156 Å². The SMILES string of the molecule is C=C(C)c1cccc(C(C)(C)NC(=O)N2CCC[C@H](C(=O)OCC)C2)c1. The van der Waals surface area contributed by atoms with E-state index in [0.29, 0.717) is 19.7 Å². The normalized spacial score (nSPS) is 17.5. The third-order valence-electron chi connectivity index (χ3n) is 4.83. The molecule has 1 heterocycles. The van der Waals surface area contributed by atoms with Crippen LogP contribution in [-0.2, 0) is 15.1 Å². The van der Waals surface area contributed by atoms with Gasteiger partial charge in [-0.05, 0) is 57.7 Å². The summed E-state index contributed by atoms with van der Waals surface area (Å²) in [6.45, 7) is 13.1. The van der Waals surface area contributed by atoms with E-state index in [0.717, 1.165) is 29.5 Å². The van der Waals surface area contributed by atoms with Crippen LogP contribution in [0.15, 0.2) is 30.8 Å². The fourth-order valence-electron chi connectivity index (χ4n) is 3.21. The number of likely N-dealkylation sites (tertiary alicyclic amines) is 1. The molecule has 1 aromatic rings. The van der Waals surface area contributed by atoms with E-state index in [-0.39, 0.29) is 17.9 Å². The summed E-state index contributed by atoms with van der Waals surface area (Å²) >= 11 is 0. The van der Waals surface area contributed by atoms with Crippen LogP contribution in [0.3, 0.4) is 0 Å². The Hall–Kier alpha value is -2.30. The highest BCUT2D eigenvalue weighted by atomic mass is 16.5. The summed E-state index contributed by atoms with van der Waals surface area (Å²) in [5.41, 5.74) is 2.54. The molecule has 0 saturated carbocycles. The van der Waals surface area contributed by atoms with Crippen LogP contribution in [0.5, 0.6) is 0 Å². The van der Waals surface area contributed by atoms with E-state index in [2.05, 4.69) is 18.0 Å². The zero-order valence-corrected chi connectivity index (χ0v) is 16.3. The summed E-state index contributed by atoms with van der Waals surface area (Å²) in [6, 6.07) is 7.90. The molecule has 5 heteroatoms. The van der Waals surface area contributed by atoms with Gasteiger partial charge in [0.05, 0.1) is 18.1 Å². The van der Waals surface area contributed by atoms with E-state index in [1.165, 1.54) is 0 Å². The molecule has 0 spiro atoms. The molecule has 2 rings (SSSR count). The molecular weight excluding hydrogens is 328 g/mol. The van der Waals surface area contributed by atoms with Gasteiger partial charge in [-0.15, -0.1) is 0 Å². The highest BCUT2D eigenvalue weighted by Crippen LogP contribution is 2.25. The number of allylic oxidation sites excluding steroid dienone is 1. The van der Waals surface area contributed by atoms with Crippen molar-refractivity contribution in [3.8, 4) is 0 Å². The largest absolute Gasteiger partial charge is 0.466 e. The third kappa shape index (κ3) is 4.87. The Bertz CT molecular complexity index is 682. The number of rotatable bonds is 5. The fourth-order valence-corrected chi connectivity index (χ4v) is 3.21. The number of esters is 1. The summed E-state index contributed by atoms with van der Waals surface area (Å²) in [5.74, 6) is -0.442. The lowest BCUT2D eigenvalue weighted by Crippen LogP contribution is -2.52. The molecule has 0 aliphatic carbocycles. The maximum Gasteiger partial charge on any atom is 0.318 e. The number of amides is 2. The molecule has 0 aromatic heterocycles. The molecule has 1 fully saturated rings. The van der Waals surface area contributed by atoms with Gasteiger partial charge in [0.25, 0.3) is 0 Å². The second-order valence-corrected chi connectivity index (χ2v) is 7.45. The number of ether oxygens (including phenoxy) is 1. The predicted octanol–water partition coefficient (Wildman–Crippen LogP) is 3.94. The van der Waals surface area contributed by atoms with Gasteiger partial charge in [0.15, 0.2) is 0 Å². The number of nitrogens with one attached hydrogen (secondary N) is 1. The van der Waals surface area contributed by atoms with Gasteiger partial charge in [-0.1, -0.05) is 30.4 Å². The number of nitrogens with zero attached hydrogens (tertiary/aromatic N) is 1. The lowest BCUT2D eigenvalue weighted by Gasteiger charge is -2.35. The smallest absolute Gasteiger partial charge is 0.318 e. The van der Waals surface area contributed by atoms with Crippen molar-refractivity contribution in [3.63, 3.8) is 0 Å². The first kappa shape index (κ1) is 20.0. The highest BCUT2D eigenvalue weighted by Gasteiger charge is 2.32. The second kappa shape index (κ2) is 8.39. The number of carbonyl (C=O) groups excluding carboxylic acids is 2. The van der Waals surface area contributed by atoms with E-state index < -0.39 is 5.54 Å². The Morgan fingerprint density at radius 1 is 1.38 bits per heavy atom. The first-order chi connectivity index (χ1) is 12.2.